The molecule has 0 spiro atoms. The van der Waals surface area contributed by atoms with Crippen LogP contribution in [0.2, 0.25) is 0 Å². The first-order valence-corrected chi connectivity index (χ1v) is 8.69. The summed E-state index contributed by atoms with van der Waals surface area (Å²) in [4.78, 5) is 0. The molecule has 0 fully saturated rings. The highest BCUT2D eigenvalue weighted by molar-refractivity contribution is 7.86. The predicted octanol–water partition coefficient (Wildman–Crippen LogP) is 1.49. The van der Waals surface area contributed by atoms with Gasteiger partial charge in [0.05, 0.1) is 11.0 Å². The third kappa shape index (κ3) is 9.51. The molecule has 1 atom stereocenters. The highest BCUT2D eigenvalue weighted by Gasteiger charge is 2.21. The Balaban J connectivity index is 4.10. The van der Waals surface area contributed by atoms with Crippen molar-refractivity contribution in [1.82, 2.24) is 0 Å². The molecule has 0 aliphatic rings. The topological polar surface area (TPSA) is 109 Å². The summed E-state index contributed by atoms with van der Waals surface area (Å²) in [6, 6.07) is 0. The van der Waals surface area contributed by atoms with Crippen LogP contribution in [-0.4, -0.2) is 36.9 Å². The third-order valence-electron chi connectivity index (χ3n) is 2.48. The van der Waals surface area contributed by atoms with Gasteiger partial charge in [-0.25, -0.2) is 0 Å². The Labute approximate surface area is 103 Å². The second kappa shape index (κ2) is 7.30. The first-order valence-electron chi connectivity index (χ1n) is 5.58. The molecule has 6 nitrogen and oxygen atoms in total. The Kier molecular flexibility index (Phi) is 7.22. The fourth-order valence-corrected chi connectivity index (χ4v) is 3.03. The largest absolute Gasteiger partial charge is 0.286 e. The van der Waals surface area contributed by atoms with Crippen LogP contribution in [-0.2, 0) is 20.2 Å². The maximum atomic E-state index is 11.0. The van der Waals surface area contributed by atoms with E-state index in [4.69, 9.17) is 9.11 Å². The molecule has 2 N–H and O–H groups in total. The van der Waals surface area contributed by atoms with Gasteiger partial charge in [0.25, 0.3) is 20.2 Å². The SMILES string of the molecule is CCCCC(CCCCS(=O)(=O)O)S(=O)(=O)O. The summed E-state index contributed by atoms with van der Waals surface area (Å²) >= 11 is 0. The quantitative estimate of drug-likeness (QED) is 0.491. The Bertz CT molecular complexity index is 397. The zero-order chi connectivity index (χ0) is 13.5. The molecule has 0 bridgehead atoms. The van der Waals surface area contributed by atoms with E-state index in [1.807, 2.05) is 6.92 Å². The first kappa shape index (κ1) is 16.8. The lowest BCUT2D eigenvalue weighted by atomic mass is 10.1. The summed E-state index contributed by atoms with van der Waals surface area (Å²) in [6.45, 7) is 1.92. The van der Waals surface area contributed by atoms with Crippen LogP contribution in [0.1, 0.15) is 45.4 Å². The van der Waals surface area contributed by atoms with Gasteiger partial charge >= 0.3 is 0 Å². The Morgan fingerprint density at radius 2 is 1.47 bits per heavy atom. The molecule has 0 rings (SSSR count). The van der Waals surface area contributed by atoms with Gasteiger partial charge in [0, 0.05) is 0 Å². The molecule has 0 saturated carbocycles. The highest BCUT2D eigenvalue weighted by Crippen LogP contribution is 2.16. The van der Waals surface area contributed by atoms with Gasteiger partial charge in [-0.3, -0.25) is 9.11 Å². The van der Waals surface area contributed by atoms with Crippen molar-refractivity contribution < 1.29 is 25.9 Å². The number of hydrogen-bond donors (Lipinski definition) is 2. The molecular weight excluding hydrogens is 268 g/mol. The summed E-state index contributed by atoms with van der Waals surface area (Å²) in [5.74, 6) is -0.376. The van der Waals surface area contributed by atoms with Crippen molar-refractivity contribution in [3.8, 4) is 0 Å². The van der Waals surface area contributed by atoms with Gasteiger partial charge in [-0.2, -0.15) is 16.8 Å². The fourth-order valence-electron chi connectivity index (χ4n) is 1.53. The van der Waals surface area contributed by atoms with E-state index in [9.17, 15) is 16.8 Å². The van der Waals surface area contributed by atoms with Crippen LogP contribution in [0.15, 0.2) is 0 Å². The van der Waals surface area contributed by atoms with Crippen molar-refractivity contribution in [2.45, 2.75) is 50.7 Å². The van der Waals surface area contributed by atoms with Crippen molar-refractivity contribution in [2.24, 2.45) is 0 Å². The summed E-state index contributed by atoms with van der Waals surface area (Å²) in [5.41, 5.74) is 0. The lowest BCUT2D eigenvalue weighted by molar-refractivity contribution is 0.448. The van der Waals surface area contributed by atoms with E-state index >= 15 is 0 Å². The minimum atomic E-state index is -4.07. The van der Waals surface area contributed by atoms with E-state index in [1.165, 1.54) is 0 Å². The van der Waals surface area contributed by atoms with Gasteiger partial charge in [0.2, 0.25) is 0 Å². The molecule has 0 aliphatic heterocycles. The molecule has 0 radical (unpaired) electrons. The second-order valence-electron chi connectivity index (χ2n) is 4.06. The zero-order valence-corrected chi connectivity index (χ0v) is 11.5. The van der Waals surface area contributed by atoms with Crippen molar-refractivity contribution in [3.05, 3.63) is 0 Å². The monoisotopic (exact) mass is 288 g/mol. The Morgan fingerprint density at radius 1 is 0.941 bits per heavy atom. The molecule has 0 aliphatic carbocycles. The van der Waals surface area contributed by atoms with E-state index in [-0.39, 0.29) is 18.6 Å². The smallest absolute Gasteiger partial charge is 0.267 e. The minimum absolute atomic E-state index is 0.191. The van der Waals surface area contributed by atoms with Crippen molar-refractivity contribution in [2.75, 3.05) is 5.75 Å². The van der Waals surface area contributed by atoms with Crippen molar-refractivity contribution in [1.29, 1.82) is 0 Å². The molecule has 104 valence electrons. The Hall–Kier alpha value is -0.180. The molecule has 0 saturated heterocycles. The highest BCUT2D eigenvalue weighted by atomic mass is 32.2. The Morgan fingerprint density at radius 3 is 1.88 bits per heavy atom. The molecule has 0 aromatic rings. The van der Waals surface area contributed by atoms with E-state index in [2.05, 4.69) is 0 Å². The van der Waals surface area contributed by atoms with Crippen LogP contribution in [0.25, 0.3) is 0 Å². The average Bonchev–Trinajstić information content (AvgIpc) is 2.13. The molecule has 17 heavy (non-hydrogen) atoms. The van der Waals surface area contributed by atoms with Crippen LogP contribution >= 0.6 is 0 Å². The van der Waals surface area contributed by atoms with Crippen LogP contribution in [0, 0.1) is 0 Å². The van der Waals surface area contributed by atoms with Crippen LogP contribution in [0.3, 0.4) is 0 Å². The summed E-state index contributed by atoms with van der Waals surface area (Å²) in [5, 5.41) is -0.830. The second-order valence-corrected chi connectivity index (χ2v) is 7.33. The number of unbranched alkanes of at least 4 members (excludes halogenated alkanes) is 2. The molecular formula is C9H20O6S2. The van der Waals surface area contributed by atoms with E-state index in [0.717, 1.165) is 6.42 Å². The normalized spacial score (nSPS) is 14.8. The molecule has 0 heterocycles. The van der Waals surface area contributed by atoms with Crippen molar-refractivity contribution >= 4 is 20.2 Å². The minimum Gasteiger partial charge on any atom is -0.286 e. The van der Waals surface area contributed by atoms with Crippen molar-refractivity contribution in [3.63, 3.8) is 0 Å². The predicted molar refractivity (Wildman–Crippen MR) is 65.1 cm³/mol. The molecule has 0 aromatic heterocycles. The van der Waals surface area contributed by atoms with Gasteiger partial charge < -0.3 is 0 Å². The maximum Gasteiger partial charge on any atom is 0.267 e. The van der Waals surface area contributed by atoms with Gasteiger partial charge in [-0.15, -0.1) is 0 Å². The van der Waals surface area contributed by atoms with Gasteiger partial charge in [-0.1, -0.05) is 26.2 Å². The van der Waals surface area contributed by atoms with Crippen LogP contribution < -0.4 is 0 Å². The molecule has 1 unspecified atom stereocenters. The summed E-state index contributed by atoms with van der Waals surface area (Å²) < 4.78 is 60.4. The summed E-state index contributed by atoms with van der Waals surface area (Å²) in [7, 11) is -8.05. The zero-order valence-electron chi connectivity index (χ0n) is 9.87. The van der Waals surface area contributed by atoms with E-state index in [1.54, 1.807) is 0 Å². The fraction of sp³-hybridized carbons (Fsp3) is 1.00. The standard InChI is InChI=1S/C9H20O6S2/c1-2-3-6-9(17(13,14)15)7-4-5-8-16(10,11)12/h9H,2-8H2,1H3,(H,10,11,12)(H,13,14,15). The number of hydrogen-bond acceptors (Lipinski definition) is 4. The van der Waals surface area contributed by atoms with Gasteiger partial charge in [-0.05, 0) is 19.3 Å². The van der Waals surface area contributed by atoms with Crippen LogP contribution in [0.5, 0.6) is 0 Å². The molecule has 0 amide bonds. The number of rotatable bonds is 9. The maximum absolute atomic E-state index is 11.0. The lowest BCUT2D eigenvalue weighted by Gasteiger charge is -2.12. The van der Waals surface area contributed by atoms with E-state index in [0.29, 0.717) is 19.3 Å². The molecule has 8 heteroatoms. The summed E-state index contributed by atoms with van der Waals surface area (Å²) in [6.07, 6.45) is 2.65. The van der Waals surface area contributed by atoms with E-state index < -0.39 is 25.5 Å². The molecule has 0 aromatic carbocycles. The van der Waals surface area contributed by atoms with Gasteiger partial charge in [0.15, 0.2) is 0 Å². The average molecular weight is 288 g/mol. The van der Waals surface area contributed by atoms with Gasteiger partial charge in [0.1, 0.15) is 0 Å². The lowest BCUT2D eigenvalue weighted by Crippen LogP contribution is -2.20. The third-order valence-corrected chi connectivity index (χ3v) is 4.60. The first-order chi connectivity index (χ1) is 7.67. The van der Waals surface area contributed by atoms with Crippen LogP contribution in [0.4, 0.5) is 0 Å².